The van der Waals surface area contributed by atoms with E-state index < -0.39 is 0 Å². The van der Waals surface area contributed by atoms with Crippen LogP contribution in [-0.2, 0) is 6.42 Å². The highest BCUT2D eigenvalue weighted by Gasteiger charge is 2.02. The van der Waals surface area contributed by atoms with Crippen molar-refractivity contribution in [1.82, 2.24) is 9.97 Å². The van der Waals surface area contributed by atoms with Gasteiger partial charge in [-0.05, 0) is 48.7 Å². The van der Waals surface area contributed by atoms with Gasteiger partial charge in [0.15, 0.2) is 0 Å². The number of pyridine rings is 2. The number of halogens is 1. The van der Waals surface area contributed by atoms with Crippen molar-refractivity contribution in [3.8, 4) is 11.4 Å². The Labute approximate surface area is 104 Å². The van der Waals surface area contributed by atoms with Crippen molar-refractivity contribution in [3.05, 3.63) is 47.8 Å². The lowest BCUT2D eigenvalue weighted by Gasteiger charge is -2.03. The van der Waals surface area contributed by atoms with Gasteiger partial charge in [-0.1, -0.05) is 15.9 Å². The Balaban J connectivity index is 2.36. The molecule has 2 heterocycles. The zero-order valence-corrected chi connectivity index (χ0v) is 10.7. The van der Waals surface area contributed by atoms with E-state index in [1.165, 1.54) is 11.1 Å². The first-order valence-electron chi connectivity index (χ1n) is 5.23. The van der Waals surface area contributed by atoms with Crippen molar-refractivity contribution < 1.29 is 0 Å². The summed E-state index contributed by atoms with van der Waals surface area (Å²) in [6, 6.07) is 8.19. The van der Waals surface area contributed by atoms with Crippen molar-refractivity contribution in [2.75, 3.05) is 5.33 Å². The minimum absolute atomic E-state index is 0.941. The molecule has 0 N–H and O–H groups in total. The molecule has 0 bridgehead atoms. The molecule has 0 spiro atoms. The van der Waals surface area contributed by atoms with Crippen LogP contribution in [0.3, 0.4) is 0 Å². The number of hydrogen-bond donors (Lipinski definition) is 0. The molecule has 0 aliphatic carbocycles. The second kappa shape index (κ2) is 5.21. The van der Waals surface area contributed by atoms with Crippen LogP contribution in [0.5, 0.6) is 0 Å². The van der Waals surface area contributed by atoms with Crippen LogP contribution in [-0.4, -0.2) is 15.3 Å². The summed E-state index contributed by atoms with van der Waals surface area (Å²) in [5, 5.41) is 0.970. The van der Waals surface area contributed by atoms with Gasteiger partial charge in [-0.2, -0.15) is 0 Å². The summed E-state index contributed by atoms with van der Waals surface area (Å²) < 4.78 is 0. The summed E-state index contributed by atoms with van der Waals surface area (Å²) in [4.78, 5) is 8.69. The molecule has 0 saturated carbocycles. The van der Waals surface area contributed by atoms with E-state index in [9.17, 15) is 0 Å². The van der Waals surface area contributed by atoms with Crippen LogP contribution >= 0.6 is 15.9 Å². The van der Waals surface area contributed by atoms with Crippen molar-refractivity contribution in [2.24, 2.45) is 0 Å². The summed E-state index contributed by atoms with van der Waals surface area (Å²) in [7, 11) is 0. The smallest absolute Gasteiger partial charge is 0.0888 e. The van der Waals surface area contributed by atoms with E-state index in [2.05, 4.69) is 45.0 Å². The molecule has 2 aromatic heterocycles. The summed E-state index contributed by atoms with van der Waals surface area (Å²) >= 11 is 3.44. The van der Waals surface area contributed by atoms with E-state index in [4.69, 9.17) is 0 Å². The van der Waals surface area contributed by atoms with Crippen LogP contribution in [0.15, 0.2) is 36.7 Å². The highest BCUT2D eigenvalue weighted by Crippen LogP contribution is 2.16. The molecule has 16 heavy (non-hydrogen) atoms. The van der Waals surface area contributed by atoms with Crippen LogP contribution < -0.4 is 0 Å². The molecule has 3 heteroatoms. The Kier molecular flexibility index (Phi) is 3.67. The predicted molar refractivity (Wildman–Crippen MR) is 69.7 cm³/mol. The molecular formula is C13H13BrN2. The average molecular weight is 277 g/mol. The minimum atomic E-state index is 0.941. The lowest BCUT2D eigenvalue weighted by atomic mass is 10.1. The molecule has 0 aliphatic rings. The lowest BCUT2D eigenvalue weighted by molar-refractivity contribution is 1.13. The standard InChI is InChI=1S/C13H13BrN2/c1-10-3-6-15-12(8-10)13-9-11(2-5-14)4-7-16-13/h3-4,6-9H,2,5H2,1H3. The first-order valence-corrected chi connectivity index (χ1v) is 6.35. The van der Waals surface area contributed by atoms with Crippen LogP contribution in [0.1, 0.15) is 11.1 Å². The third kappa shape index (κ3) is 2.67. The van der Waals surface area contributed by atoms with Gasteiger partial charge >= 0.3 is 0 Å². The van der Waals surface area contributed by atoms with E-state index >= 15 is 0 Å². The van der Waals surface area contributed by atoms with Crippen molar-refractivity contribution in [3.63, 3.8) is 0 Å². The Morgan fingerprint density at radius 3 is 2.44 bits per heavy atom. The predicted octanol–water partition coefficient (Wildman–Crippen LogP) is 3.39. The van der Waals surface area contributed by atoms with Crippen molar-refractivity contribution in [1.29, 1.82) is 0 Å². The fourth-order valence-electron chi connectivity index (χ4n) is 1.56. The third-order valence-corrected chi connectivity index (χ3v) is 2.78. The molecule has 2 nitrogen and oxygen atoms in total. The van der Waals surface area contributed by atoms with Crippen LogP contribution in [0.4, 0.5) is 0 Å². The quantitative estimate of drug-likeness (QED) is 0.804. The summed E-state index contributed by atoms with van der Waals surface area (Å²) in [5.74, 6) is 0. The molecule has 0 fully saturated rings. The topological polar surface area (TPSA) is 25.8 Å². The molecule has 2 aromatic rings. The molecule has 0 radical (unpaired) electrons. The highest BCUT2D eigenvalue weighted by atomic mass is 79.9. The largest absolute Gasteiger partial charge is 0.255 e. The fraction of sp³-hybridized carbons (Fsp3) is 0.231. The molecule has 2 rings (SSSR count). The average Bonchev–Trinajstić information content (AvgIpc) is 2.30. The van der Waals surface area contributed by atoms with Gasteiger partial charge in [0.25, 0.3) is 0 Å². The summed E-state index contributed by atoms with van der Waals surface area (Å²) in [6.07, 6.45) is 4.68. The van der Waals surface area contributed by atoms with E-state index in [1.54, 1.807) is 0 Å². The number of rotatable bonds is 3. The highest BCUT2D eigenvalue weighted by molar-refractivity contribution is 9.09. The van der Waals surface area contributed by atoms with Crippen LogP contribution in [0, 0.1) is 6.92 Å². The zero-order valence-electron chi connectivity index (χ0n) is 9.15. The summed E-state index contributed by atoms with van der Waals surface area (Å²) in [5.41, 5.74) is 4.38. The Morgan fingerprint density at radius 1 is 1.06 bits per heavy atom. The van der Waals surface area contributed by atoms with Gasteiger partial charge in [0.1, 0.15) is 0 Å². The first kappa shape index (κ1) is 11.3. The first-order chi connectivity index (χ1) is 7.79. The van der Waals surface area contributed by atoms with Gasteiger partial charge in [0.2, 0.25) is 0 Å². The Morgan fingerprint density at radius 2 is 1.75 bits per heavy atom. The molecular weight excluding hydrogens is 264 g/mol. The number of aryl methyl sites for hydroxylation is 2. The van der Waals surface area contributed by atoms with Crippen molar-refractivity contribution in [2.45, 2.75) is 13.3 Å². The monoisotopic (exact) mass is 276 g/mol. The van der Waals surface area contributed by atoms with Gasteiger partial charge in [-0.3, -0.25) is 9.97 Å². The number of aromatic nitrogens is 2. The molecule has 0 unspecified atom stereocenters. The maximum Gasteiger partial charge on any atom is 0.0888 e. The molecule has 0 aromatic carbocycles. The summed E-state index contributed by atoms with van der Waals surface area (Å²) in [6.45, 7) is 2.06. The van der Waals surface area contributed by atoms with Crippen LogP contribution in [0.25, 0.3) is 11.4 Å². The van der Waals surface area contributed by atoms with Crippen LogP contribution in [0.2, 0.25) is 0 Å². The van der Waals surface area contributed by atoms with Gasteiger partial charge in [-0.15, -0.1) is 0 Å². The maximum atomic E-state index is 4.36. The maximum absolute atomic E-state index is 4.36. The van der Waals surface area contributed by atoms with E-state index in [0.717, 1.165) is 23.1 Å². The van der Waals surface area contributed by atoms with Gasteiger partial charge < -0.3 is 0 Å². The molecule has 0 amide bonds. The zero-order chi connectivity index (χ0) is 11.4. The SMILES string of the molecule is Cc1ccnc(-c2cc(CCBr)ccn2)c1. The molecule has 0 aliphatic heterocycles. The Bertz CT molecular complexity index is 483. The fourth-order valence-corrected chi connectivity index (χ4v) is 2.01. The van der Waals surface area contributed by atoms with Gasteiger partial charge in [0, 0.05) is 17.7 Å². The molecule has 0 atom stereocenters. The van der Waals surface area contributed by atoms with Gasteiger partial charge in [0.05, 0.1) is 11.4 Å². The Hall–Kier alpha value is -1.22. The van der Waals surface area contributed by atoms with E-state index in [-0.39, 0.29) is 0 Å². The van der Waals surface area contributed by atoms with Crippen molar-refractivity contribution >= 4 is 15.9 Å². The van der Waals surface area contributed by atoms with Gasteiger partial charge in [-0.25, -0.2) is 0 Å². The second-order valence-electron chi connectivity index (χ2n) is 3.71. The third-order valence-electron chi connectivity index (χ3n) is 2.39. The number of nitrogens with zero attached hydrogens (tertiary/aromatic N) is 2. The minimum Gasteiger partial charge on any atom is -0.255 e. The number of hydrogen-bond acceptors (Lipinski definition) is 2. The lowest BCUT2D eigenvalue weighted by Crippen LogP contribution is -1.91. The number of alkyl halides is 1. The molecule has 82 valence electrons. The normalized spacial score (nSPS) is 10.4. The van der Waals surface area contributed by atoms with E-state index in [1.807, 2.05) is 24.5 Å². The van der Waals surface area contributed by atoms with E-state index in [0.29, 0.717) is 0 Å². The molecule has 0 saturated heterocycles. The second-order valence-corrected chi connectivity index (χ2v) is 4.50.